The van der Waals surface area contributed by atoms with Crippen molar-refractivity contribution >= 4 is 41.3 Å². The zero-order valence-corrected chi connectivity index (χ0v) is 21.4. The molecule has 1 saturated heterocycles. The van der Waals surface area contributed by atoms with E-state index in [0.29, 0.717) is 12.2 Å². The van der Waals surface area contributed by atoms with Gasteiger partial charge in [0, 0.05) is 33.0 Å². The molecule has 1 aliphatic rings. The summed E-state index contributed by atoms with van der Waals surface area (Å²) in [5.41, 5.74) is 1.92. The highest BCUT2D eigenvalue weighted by Gasteiger charge is 2.35. The third kappa shape index (κ3) is 6.04. The van der Waals surface area contributed by atoms with Gasteiger partial charge in [-0.15, -0.1) is 0 Å². The Balaban J connectivity index is 1.73. The van der Waals surface area contributed by atoms with Gasteiger partial charge in [0.25, 0.3) is 0 Å². The van der Waals surface area contributed by atoms with Gasteiger partial charge >= 0.3 is 6.09 Å². The van der Waals surface area contributed by atoms with Crippen LogP contribution in [0.2, 0.25) is 25.7 Å². The quantitative estimate of drug-likeness (QED) is 0.404. The van der Waals surface area contributed by atoms with Gasteiger partial charge < -0.3 is 14.5 Å². The van der Waals surface area contributed by atoms with E-state index in [4.69, 9.17) is 9.47 Å². The van der Waals surface area contributed by atoms with Crippen LogP contribution < -0.4 is 0 Å². The number of imidazole rings is 1. The minimum atomic E-state index is -1.13. The van der Waals surface area contributed by atoms with Crippen LogP contribution in [0.15, 0.2) is 12.3 Å². The maximum atomic E-state index is 12.6. The monoisotopic (exact) mass is 496 g/mol. The molecule has 166 valence electrons. The fraction of sp³-hybridized carbons (Fsp3) is 0.667. The maximum absolute atomic E-state index is 12.6. The predicted octanol–water partition coefficient (Wildman–Crippen LogP) is 5.78. The first-order valence-corrected chi connectivity index (χ1v) is 15.2. The molecule has 7 nitrogen and oxygen atoms in total. The number of amides is 1. The van der Waals surface area contributed by atoms with Crippen LogP contribution >= 0.6 is 15.9 Å². The van der Waals surface area contributed by atoms with Crippen molar-refractivity contribution in [3.05, 3.63) is 23.7 Å². The second-order valence-corrected chi connectivity index (χ2v) is 16.5. The largest absolute Gasteiger partial charge is 0.444 e. The van der Waals surface area contributed by atoms with E-state index in [2.05, 4.69) is 50.5 Å². The van der Waals surface area contributed by atoms with Crippen LogP contribution in [0.3, 0.4) is 0 Å². The molecule has 0 saturated carbocycles. The van der Waals surface area contributed by atoms with Crippen molar-refractivity contribution in [2.75, 3.05) is 13.2 Å². The number of nitrogens with zero attached hydrogens (tertiary/aromatic N) is 3. The second kappa shape index (κ2) is 8.96. The van der Waals surface area contributed by atoms with Crippen LogP contribution in [0.4, 0.5) is 4.79 Å². The molecule has 1 amide bonds. The summed E-state index contributed by atoms with van der Waals surface area (Å²) in [6.45, 7) is 14.0. The number of alkyl halides is 1. The number of rotatable bonds is 6. The summed E-state index contributed by atoms with van der Waals surface area (Å²) in [6, 6.07) is 3.01. The Bertz CT molecular complexity index is 890. The number of H-pyrrole nitrogens is 1. The molecule has 0 bridgehead atoms. The number of likely N-dealkylation sites (tertiary alicyclic amines) is 1. The molecule has 3 rings (SSSR count). The molecule has 1 fully saturated rings. The number of hydrogen-bond donors (Lipinski definition) is 1. The first kappa shape index (κ1) is 23.2. The van der Waals surface area contributed by atoms with Crippen molar-refractivity contribution < 1.29 is 14.3 Å². The van der Waals surface area contributed by atoms with Crippen LogP contribution in [0.25, 0.3) is 11.2 Å². The fourth-order valence-corrected chi connectivity index (χ4v) is 4.54. The molecule has 1 N–H and O–H groups in total. The maximum Gasteiger partial charge on any atom is 0.410 e. The summed E-state index contributed by atoms with van der Waals surface area (Å²) in [7, 11) is -1.13. The summed E-state index contributed by atoms with van der Waals surface area (Å²) >= 11 is 3.62. The van der Waals surface area contributed by atoms with Crippen molar-refractivity contribution in [1.82, 2.24) is 19.9 Å². The molecule has 2 aromatic rings. The molecule has 2 unspecified atom stereocenters. The Morgan fingerprint density at radius 1 is 1.40 bits per heavy atom. The minimum absolute atomic E-state index is 0.120. The van der Waals surface area contributed by atoms with Gasteiger partial charge in [-0.3, -0.25) is 4.90 Å². The standard InChI is InChI=1S/C21H33BrN4O3Si/c1-21(2,3)29-20(27)26-9-7-8-16(26)19-24-15-12-14(13-23-18(15)25-19)17(22)28-10-11-30(4,5)6/h12-13,16-17H,7-11H2,1-6H3,(H,23,24,25). The molecule has 9 heteroatoms. The van der Waals surface area contributed by atoms with Crippen molar-refractivity contribution in [2.24, 2.45) is 0 Å². The van der Waals surface area contributed by atoms with Crippen LogP contribution in [0.5, 0.6) is 0 Å². The lowest BCUT2D eigenvalue weighted by Gasteiger charge is -2.27. The van der Waals surface area contributed by atoms with Gasteiger partial charge in [0.05, 0.1) is 11.6 Å². The summed E-state index contributed by atoms with van der Waals surface area (Å²) < 4.78 is 11.5. The molecule has 0 spiro atoms. The van der Waals surface area contributed by atoms with Gasteiger partial charge in [-0.1, -0.05) is 35.6 Å². The molecule has 2 aromatic heterocycles. The highest BCUT2D eigenvalue weighted by Crippen LogP contribution is 2.33. The lowest BCUT2D eigenvalue weighted by Crippen LogP contribution is -2.36. The van der Waals surface area contributed by atoms with Crippen molar-refractivity contribution in [2.45, 2.75) is 76.0 Å². The zero-order chi connectivity index (χ0) is 22.1. The van der Waals surface area contributed by atoms with E-state index in [-0.39, 0.29) is 17.1 Å². The molecule has 1 aliphatic heterocycles. The topological polar surface area (TPSA) is 80.3 Å². The van der Waals surface area contributed by atoms with E-state index in [9.17, 15) is 4.79 Å². The minimum Gasteiger partial charge on any atom is -0.444 e. The van der Waals surface area contributed by atoms with Gasteiger partial charge in [0.2, 0.25) is 0 Å². The number of halogens is 1. The lowest BCUT2D eigenvalue weighted by molar-refractivity contribution is 0.0219. The Morgan fingerprint density at radius 3 is 2.80 bits per heavy atom. The van der Waals surface area contributed by atoms with Gasteiger partial charge in [0.15, 0.2) is 5.65 Å². The van der Waals surface area contributed by atoms with E-state index < -0.39 is 13.7 Å². The fourth-order valence-electron chi connectivity index (χ4n) is 3.37. The van der Waals surface area contributed by atoms with Crippen molar-refractivity contribution in [1.29, 1.82) is 0 Å². The molecular formula is C21H33BrN4O3Si. The summed E-state index contributed by atoms with van der Waals surface area (Å²) in [4.78, 5) is 26.9. The Kier molecular flexibility index (Phi) is 6.93. The van der Waals surface area contributed by atoms with E-state index in [1.165, 1.54) is 0 Å². The number of hydrogen-bond acceptors (Lipinski definition) is 5. The van der Waals surface area contributed by atoms with Gasteiger partial charge in [-0.25, -0.2) is 14.8 Å². The van der Waals surface area contributed by atoms with E-state index in [0.717, 1.165) is 42.4 Å². The third-order valence-electron chi connectivity index (χ3n) is 4.95. The summed E-state index contributed by atoms with van der Waals surface area (Å²) in [5, 5.41) is -0.206. The number of ether oxygens (including phenoxy) is 2. The predicted molar refractivity (Wildman–Crippen MR) is 125 cm³/mol. The second-order valence-electron chi connectivity index (χ2n) is 10.1. The highest BCUT2D eigenvalue weighted by atomic mass is 79.9. The number of carbonyl (C=O) groups is 1. The third-order valence-corrected chi connectivity index (χ3v) is 7.45. The number of pyridine rings is 1. The Morgan fingerprint density at radius 2 is 2.13 bits per heavy atom. The van der Waals surface area contributed by atoms with Crippen LogP contribution in [0.1, 0.15) is 56.1 Å². The number of nitrogens with one attached hydrogen (secondary N) is 1. The van der Waals surface area contributed by atoms with E-state index >= 15 is 0 Å². The van der Waals surface area contributed by atoms with Gasteiger partial charge in [-0.05, 0) is 45.7 Å². The molecule has 30 heavy (non-hydrogen) atoms. The molecule has 0 aromatic carbocycles. The van der Waals surface area contributed by atoms with Gasteiger partial charge in [-0.2, -0.15) is 0 Å². The average molecular weight is 498 g/mol. The highest BCUT2D eigenvalue weighted by molar-refractivity contribution is 9.09. The smallest absolute Gasteiger partial charge is 0.410 e. The number of carbonyl (C=O) groups excluding carboxylic acids is 1. The lowest BCUT2D eigenvalue weighted by atomic mass is 10.2. The van der Waals surface area contributed by atoms with Crippen LogP contribution in [-0.2, 0) is 9.47 Å². The molecule has 0 radical (unpaired) electrons. The molecule has 3 heterocycles. The zero-order valence-electron chi connectivity index (χ0n) is 18.8. The molecule has 2 atom stereocenters. The normalized spacial score (nSPS) is 18.8. The molecule has 0 aliphatic carbocycles. The first-order chi connectivity index (χ1) is 13.9. The van der Waals surface area contributed by atoms with Crippen molar-refractivity contribution in [3.63, 3.8) is 0 Å². The van der Waals surface area contributed by atoms with Crippen LogP contribution in [0, 0.1) is 0 Å². The summed E-state index contributed by atoms with van der Waals surface area (Å²) in [6.07, 6.45) is 3.28. The first-order valence-electron chi connectivity index (χ1n) is 10.5. The van der Waals surface area contributed by atoms with Crippen molar-refractivity contribution in [3.8, 4) is 0 Å². The van der Waals surface area contributed by atoms with Crippen LogP contribution in [-0.4, -0.2) is 52.8 Å². The van der Waals surface area contributed by atoms with E-state index in [1.807, 2.05) is 26.8 Å². The SMILES string of the molecule is CC(C)(C)OC(=O)N1CCCC1c1nc2ncc(C(Br)OCC[Si](C)(C)C)cc2[nH]1. The number of aromatic nitrogens is 3. The summed E-state index contributed by atoms with van der Waals surface area (Å²) in [5.74, 6) is 0.754. The molecular weight excluding hydrogens is 464 g/mol. The number of fused-ring (bicyclic) bond motifs is 1. The van der Waals surface area contributed by atoms with Gasteiger partial charge in [0.1, 0.15) is 16.4 Å². The Hall–Kier alpha value is -1.45. The van der Waals surface area contributed by atoms with E-state index in [1.54, 1.807) is 11.1 Å². The number of aromatic amines is 1. The Labute approximate surface area is 188 Å². The average Bonchev–Trinajstić information content (AvgIpc) is 3.24.